The molecule has 0 aliphatic carbocycles. The van der Waals surface area contributed by atoms with Crippen molar-refractivity contribution in [2.75, 3.05) is 14.2 Å². The van der Waals surface area contributed by atoms with Gasteiger partial charge in [-0.15, -0.1) is 10.2 Å². The molecule has 130 valence electrons. The fourth-order valence-corrected chi connectivity index (χ4v) is 3.57. The summed E-state index contributed by atoms with van der Waals surface area (Å²) in [5.41, 5.74) is 3.54. The molecule has 25 heavy (non-hydrogen) atoms. The molecule has 5 nitrogen and oxygen atoms in total. The molecule has 6 heteroatoms. The maximum atomic E-state index is 5.38. The van der Waals surface area contributed by atoms with E-state index in [1.165, 1.54) is 11.1 Å². The zero-order valence-corrected chi connectivity index (χ0v) is 15.6. The highest BCUT2D eigenvalue weighted by molar-refractivity contribution is 7.98. The molecular formula is C19H21N3O2S. The molecule has 0 fully saturated rings. The first-order chi connectivity index (χ1) is 12.1. The Labute approximate surface area is 152 Å². The van der Waals surface area contributed by atoms with Crippen molar-refractivity contribution in [2.24, 2.45) is 7.05 Å². The predicted octanol–water partition coefficient (Wildman–Crippen LogP) is 4.10. The zero-order valence-electron chi connectivity index (χ0n) is 14.8. The Hall–Kier alpha value is -2.47. The Kier molecular flexibility index (Phi) is 5.28. The normalized spacial score (nSPS) is 10.7. The van der Waals surface area contributed by atoms with Crippen molar-refractivity contribution >= 4 is 11.8 Å². The highest BCUT2D eigenvalue weighted by Crippen LogP contribution is 2.32. The Morgan fingerprint density at radius 3 is 2.48 bits per heavy atom. The average molecular weight is 355 g/mol. The number of aromatic nitrogens is 3. The number of benzene rings is 2. The summed E-state index contributed by atoms with van der Waals surface area (Å²) in [5.74, 6) is 3.04. The number of rotatable bonds is 6. The van der Waals surface area contributed by atoms with Crippen molar-refractivity contribution < 1.29 is 9.47 Å². The second kappa shape index (κ2) is 7.61. The van der Waals surface area contributed by atoms with E-state index in [1.807, 2.05) is 29.8 Å². The van der Waals surface area contributed by atoms with Crippen molar-refractivity contribution in [2.45, 2.75) is 17.8 Å². The van der Waals surface area contributed by atoms with Gasteiger partial charge in [0.2, 0.25) is 0 Å². The van der Waals surface area contributed by atoms with Crippen LogP contribution in [0.1, 0.15) is 11.1 Å². The highest BCUT2D eigenvalue weighted by Gasteiger charge is 2.14. The largest absolute Gasteiger partial charge is 0.493 e. The standard InChI is InChI=1S/C19H21N3O2S/c1-13-7-5-6-8-15(13)12-25-19-21-20-18(22(19)2)14-9-10-16(23-3)17(11-14)24-4/h5-11H,12H2,1-4H3. The van der Waals surface area contributed by atoms with E-state index in [1.54, 1.807) is 26.0 Å². The number of ether oxygens (including phenoxy) is 2. The van der Waals surface area contributed by atoms with Crippen molar-refractivity contribution in [1.29, 1.82) is 0 Å². The van der Waals surface area contributed by atoms with Crippen LogP contribution in [-0.4, -0.2) is 29.0 Å². The quantitative estimate of drug-likeness (QED) is 0.623. The smallest absolute Gasteiger partial charge is 0.191 e. The van der Waals surface area contributed by atoms with Crippen molar-refractivity contribution in [1.82, 2.24) is 14.8 Å². The fraction of sp³-hybridized carbons (Fsp3) is 0.263. The number of methoxy groups -OCH3 is 2. The molecule has 1 heterocycles. The van der Waals surface area contributed by atoms with Gasteiger partial charge in [0.05, 0.1) is 14.2 Å². The van der Waals surface area contributed by atoms with Gasteiger partial charge in [-0.05, 0) is 36.2 Å². The van der Waals surface area contributed by atoms with Crippen LogP contribution in [0.4, 0.5) is 0 Å². The third-order valence-electron chi connectivity index (χ3n) is 4.09. The topological polar surface area (TPSA) is 49.2 Å². The molecular weight excluding hydrogens is 334 g/mol. The Bertz CT molecular complexity index is 877. The first kappa shape index (κ1) is 17.4. The van der Waals surface area contributed by atoms with Crippen LogP contribution in [0.15, 0.2) is 47.6 Å². The molecule has 0 saturated heterocycles. The molecule has 3 rings (SSSR count). The zero-order chi connectivity index (χ0) is 17.8. The van der Waals surface area contributed by atoms with Gasteiger partial charge in [0.15, 0.2) is 22.5 Å². The molecule has 1 aromatic heterocycles. The monoisotopic (exact) mass is 355 g/mol. The molecule has 0 saturated carbocycles. The lowest BCUT2D eigenvalue weighted by Crippen LogP contribution is -1.97. The van der Waals surface area contributed by atoms with Gasteiger partial charge in [-0.3, -0.25) is 0 Å². The van der Waals surface area contributed by atoms with Gasteiger partial charge in [0.1, 0.15) is 0 Å². The maximum Gasteiger partial charge on any atom is 0.191 e. The molecule has 0 unspecified atom stereocenters. The van der Waals surface area contributed by atoms with E-state index in [9.17, 15) is 0 Å². The second-order valence-corrected chi connectivity index (χ2v) is 6.59. The van der Waals surface area contributed by atoms with E-state index in [0.29, 0.717) is 11.5 Å². The van der Waals surface area contributed by atoms with Crippen LogP contribution in [0.25, 0.3) is 11.4 Å². The van der Waals surface area contributed by atoms with Crippen LogP contribution >= 0.6 is 11.8 Å². The van der Waals surface area contributed by atoms with Gasteiger partial charge < -0.3 is 14.0 Å². The molecule has 0 aliphatic heterocycles. The van der Waals surface area contributed by atoms with E-state index in [-0.39, 0.29) is 0 Å². The number of hydrogen-bond donors (Lipinski definition) is 0. The average Bonchev–Trinajstić information content (AvgIpc) is 3.01. The first-order valence-electron chi connectivity index (χ1n) is 7.93. The van der Waals surface area contributed by atoms with E-state index in [2.05, 4.69) is 41.4 Å². The van der Waals surface area contributed by atoms with Crippen molar-refractivity contribution in [3.63, 3.8) is 0 Å². The number of thioether (sulfide) groups is 1. The van der Waals surface area contributed by atoms with Crippen LogP contribution in [0, 0.1) is 6.92 Å². The fourth-order valence-electron chi connectivity index (χ4n) is 2.58. The maximum absolute atomic E-state index is 5.38. The molecule has 0 atom stereocenters. The summed E-state index contributed by atoms with van der Waals surface area (Å²) < 4.78 is 12.7. The third kappa shape index (κ3) is 3.64. The van der Waals surface area contributed by atoms with Gasteiger partial charge >= 0.3 is 0 Å². The van der Waals surface area contributed by atoms with Gasteiger partial charge in [-0.1, -0.05) is 36.0 Å². The minimum Gasteiger partial charge on any atom is -0.493 e. The van der Waals surface area contributed by atoms with E-state index in [0.717, 1.165) is 22.3 Å². The minimum atomic E-state index is 0.678. The van der Waals surface area contributed by atoms with E-state index in [4.69, 9.17) is 9.47 Å². The summed E-state index contributed by atoms with van der Waals surface area (Å²) in [6.07, 6.45) is 0. The summed E-state index contributed by atoms with van der Waals surface area (Å²) in [7, 11) is 5.23. The van der Waals surface area contributed by atoms with Gasteiger partial charge in [0.25, 0.3) is 0 Å². The molecule has 2 aromatic carbocycles. The second-order valence-electron chi connectivity index (χ2n) is 5.65. The Morgan fingerprint density at radius 1 is 1.00 bits per heavy atom. The molecule has 0 bridgehead atoms. The van der Waals surface area contributed by atoms with E-state index < -0.39 is 0 Å². The van der Waals surface area contributed by atoms with Crippen LogP contribution < -0.4 is 9.47 Å². The number of hydrogen-bond acceptors (Lipinski definition) is 5. The van der Waals surface area contributed by atoms with Crippen LogP contribution in [0.2, 0.25) is 0 Å². The molecule has 0 spiro atoms. The van der Waals surface area contributed by atoms with Gasteiger partial charge in [-0.2, -0.15) is 0 Å². The SMILES string of the molecule is COc1ccc(-c2nnc(SCc3ccccc3C)n2C)cc1OC. The lowest BCUT2D eigenvalue weighted by atomic mass is 10.1. The summed E-state index contributed by atoms with van der Waals surface area (Å²) >= 11 is 1.68. The Morgan fingerprint density at radius 2 is 1.76 bits per heavy atom. The summed E-state index contributed by atoms with van der Waals surface area (Å²) in [6, 6.07) is 14.1. The summed E-state index contributed by atoms with van der Waals surface area (Å²) in [4.78, 5) is 0. The van der Waals surface area contributed by atoms with Crippen molar-refractivity contribution in [3.8, 4) is 22.9 Å². The summed E-state index contributed by atoms with van der Waals surface area (Å²) in [6.45, 7) is 2.13. The molecule has 0 aliphatic rings. The number of aryl methyl sites for hydroxylation is 1. The van der Waals surface area contributed by atoms with Crippen molar-refractivity contribution in [3.05, 3.63) is 53.6 Å². The highest BCUT2D eigenvalue weighted by atomic mass is 32.2. The third-order valence-corrected chi connectivity index (χ3v) is 5.16. The molecule has 3 aromatic rings. The molecule has 0 amide bonds. The lowest BCUT2D eigenvalue weighted by Gasteiger charge is -2.09. The molecule has 0 N–H and O–H groups in total. The molecule has 0 radical (unpaired) electrons. The minimum absolute atomic E-state index is 0.678. The predicted molar refractivity (Wildman–Crippen MR) is 100 cm³/mol. The lowest BCUT2D eigenvalue weighted by molar-refractivity contribution is 0.355. The van der Waals surface area contributed by atoms with Gasteiger partial charge in [-0.25, -0.2) is 0 Å². The number of nitrogens with zero attached hydrogens (tertiary/aromatic N) is 3. The van der Waals surface area contributed by atoms with Crippen LogP contribution in [0.5, 0.6) is 11.5 Å². The van der Waals surface area contributed by atoms with Crippen LogP contribution in [0.3, 0.4) is 0 Å². The summed E-state index contributed by atoms with van der Waals surface area (Å²) in [5, 5.41) is 9.57. The van der Waals surface area contributed by atoms with Crippen LogP contribution in [-0.2, 0) is 12.8 Å². The Balaban J connectivity index is 1.83. The van der Waals surface area contributed by atoms with Gasteiger partial charge in [0, 0.05) is 18.4 Å². The first-order valence-corrected chi connectivity index (χ1v) is 8.91. The van der Waals surface area contributed by atoms with E-state index >= 15 is 0 Å².